The largest absolute Gasteiger partial charge is 0.497 e. The van der Waals surface area contributed by atoms with Crippen molar-refractivity contribution in [3.05, 3.63) is 29.8 Å². The van der Waals surface area contributed by atoms with Gasteiger partial charge in [0.05, 0.1) is 14.2 Å². The minimum atomic E-state index is -0.894. The molecule has 1 aromatic rings. The molecule has 0 heterocycles. The number of carbonyl (C=O) groups excluding carboxylic acids is 3. The number of hydrogen-bond donors (Lipinski definition) is 1. The molecule has 0 saturated carbocycles. The average Bonchev–Trinajstić information content (AvgIpc) is 2.63. The molecule has 0 aliphatic heterocycles. The minimum absolute atomic E-state index is 0.126. The van der Waals surface area contributed by atoms with Gasteiger partial charge in [-0.25, -0.2) is 4.79 Å². The minimum Gasteiger partial charge on any atom is -0.497 e. The van der Waals surface area contributed by atoms with Gasteiger partial charge in [-0.1, -0.05) is 12.1 Å². The van der Waals surface area contributed by atoms with Crippen molar-refractivity contribution in [2.75, 3.05) is 14.2 Å². The maximum atomic E-state index is 12.5. The maximum absolute atomic E-state index is 12.5. The summed E-state index contributed by atoms with van der Waals surface area (Å²) in [6.45, 7) is 7.36. The smallest absolute Gasteiger partial charge is 0.328 e. The standard InChI is InChI=1S/C20H30N2O5/c1-13(2)22(14(3)4)19(24)18(23)21-17(20(25)27-6)12-9-15-7-10-16(26-5)11-8-15/h7-8,10-11,13-14,17H,9,12H2,1-6H3,(H,21,23). The van der Waals surface area contributed by atoms with Crippen LogP contribution in [0, 0.1) is 0 Å². The fourth-order valence-corrected chi connectivity index (χ4v) is 2.90. The van der Waals surface area contributed by atoms with E-state index >= 15 is 0 Å². The molecule has 0 bridgehead atoms. The van der Waals surface area contributed by atoms with Crippen molar-refractivity contribution in [2.24, 2.45) is 0 Å². The molecule has 0 radical (unpaired) electrons. The molecule has 0 spiro atoms. The molecule has 0 saturated heterocycles. The van der Waals surface area contributed by atoms with Crippen LogP contribution >= 0.6 is 0 Å². The fraction of sp³-hybridized carbons (Fsp3) is 0.550. The molecule has 0 aliphatic rings. The van der Waals surface area contributed by atoms with Gasteiger partial charge in [-0.15, -0.1) is 0 Å². The molecule has 27 heavy (non-hydrogen) atoms. The summed E-state index contributed by atoms with van der Waals surface area (Å²) in [6, 6.07) is 6.29. The Hall–Kier alpha value is -2.57. The van der Waals surface area contributed by atoms with Crippen LogP contribution in [-0.4, -0.2) is 55.0 Å². The quantitative estimate of drug-likeness (QED) is 0.552. The summed E-state index contributed by atoms with van der Waals surface area (Å²) in [6.07, 6.45) is 0.859. The monoisotopic (exact) mass is 378 g/mol. The topological polar surface area (TPSA) is 84.9 Å². The summed E-state index contributed by atoms with van der Waals surface area (Å²) in [5.74, 6) is -1.30. The zero-order valence-electron chi connectivity index (χ0n) is 16.9. The van der Waals surface area contributed by atoms with E-state index < -0.39 is 23.8 Å². The number of methoxy groups -OCH3 is 2. The first kappa shape index (κ1) is 22.5. The number of ether oxygens (including phenoxy) is 2. The highest BCUT2D eigenvalue weighted by molar-refractivity contribution is 6.35. The molecule has 1 N–H and O–H groups in total. The first-order chi connectivity index (χ1) is 12.7. The molecule has 1 unspecified atom stereocenters. The van der Waals surface area contributed by atoms with E-state index in [1.54, 1.807) is 7.11 Å². The zero-order valence-corrected chi connectivity index (χ0v) is 16.9. The Labute approximate surface area is 161 Å². The van der Waals surface area contributed by atoms with Gasteiger partial charge in [0.25, 0.3) is 0 Å². The summed E-state index contributed by atoms with van der Waals surface area (Å²) in [7, 11) is 2.84. The van der Waals surface area contributed by atoms with E-state index in [0.717, 1.165) is 11.3 Å². The van der Waals surface area contributed by atoms with Crippen molar-refractivity contribution >= 4 is 17.8 Å². The number of amides is 2. The van der Waals surface area contributed by atoms with E-state index in [-0.39, 0.29) is 12.1 Å². The number of nitrogens with one attached hydrogen (secondary N) is 1. The third-order valence-electron chi connectivity index (χ3n) is 4.21. The van der Waals surface area contributed by atoms with Crippen molar-refractivity contribution < 1.29 is 23.9 Å². The Balaban J connectivity index is 2.80. The summed E-state index contributed by atoms with van der Waals surface area (Å²) < 4.78 is 9.89. The van der Waals surface area contributed by atoms with E-state index in [1.165, 1.54) is 12.0 Å². The predicted octanol–water partition coefficient (Wildman–Crippen LogP) is 1.93. The number of esters is 1. The van der Waals surface area contributed by atoms with E-state index in [9.17, 15) is 14.4 Å². The molecule has 2 amide bonds. The third kappa shape index (κ3) is 6.58. The molecule has 7 heteroatoms. The second-order valence-electron chi connectivity index (χ2n) is 6.84. The van der Waals surface area contributed by atoms with Gasteiger partial charge in [0.15, 0.2) is 0 Å². The molecule has 7 nitrogen and oxygen atoms in total. The summed E-state index contributed by atoms with van der Waals surface area (Å²) in [4.78, 5) is 38.4. The molecule has 1 atom stereocenters. The van der Waals surface area contributed by atoms with Crippen molar-refractivity contribution in [2.45, 2.75) is 58.7 Å². The second kappa shape index (κ2) is 10.5. The average molecular weight is 378 g/mol. The lowest BCUT2D eigenvalue weighted by Gasteiger charge is -2.30. The van der Waals surface area contributed by atoms with Crippen LogP contribution in [0.3, 0.4) is 0 Å². The third-order valence-corrected chi connectivity index (χ3v) is 4.21. The number of hydrogen-bond acceptors (Lipinski definition) is 5. The van der Waals surface area contributed by atoms with Gasteiger partial charge in [0, 0.05) is 12.1 Å². The van der Waals surface area contributed by atoms with Crippen molar-refractivity contribution in [1.82, 2.24) is 10.2 Å². The van der Waals surface area contributed by atoms with Crippen molar-refractivity contribution in [1.29, 1.82) is 0 Å². The molecule has 0 aliphatic carbocycles. The Morgan fingerprint density at radius 2 is 1.56 bits per heavy atom. The van der Waals surface area contributed by atoms with E-state index in [1.807, 2.05) is 52.0 Å². The first-order valence-electron chi connectivity index (χ1n) is 9.05. The van der Waals surface area contributed by atoms with Gasteiger partial charge in [-0.3, -0.25) is 9.59 Å². The lowest BCUT2D eigenvalue weighted by atomic mass is 10.0. The van der Waals surface area contributed by atoms with E-state index in [0.29, 0.717) is 12.8 Å². The van der Waals surface area contributed by atoms with Gasteiger partial charge < -0.3 is 19.7 Å². The normalized spacial score (nSPS) is 11.9. The summed E-state index contributed by atoms with van der Waals surface area (Å²) >= 11 is 0. The molecular formula is C20H30N2O5. The SMILES string of the molecule is COC(=O)C(CCc1ccc(OC)cc1)NC(=O)C(=O)N(C(C)C)C(C)C. The van der Waals surface area contributed by atoms with Gasteiger partial charge in [-0.2, -0.15) is 0 Å². The van der Waals surface area contributed by atoms with Gasteiger partial charge in [0.2, 0.25) is 0 Å². The zero-order chi connectivity index (χ0) is 20.6. The summed E-state index contributed by atoms with van der Waals surface area (Å²) in [5, 5.41) is 2.52. The Kier molecular flexibility index (Phi) is 8.78. The van der Waals surface area contributed by atoms with Crippen molar-refractivity contribution in [3.63, 3.8) is 0 Å². The van der Waals surface area contributed by atoms with Crippen LogP contribution in [0.1, 0.15) is 39.7 Å². The lowest BCUT2D eigenvalue weighted by molar-refractivity contribution is -0.151. The Bertz CT molecular complexity index is 632. The molecular weight excluding hydrogens is 348 g/mol. The van der Waals surface area contributed by atoms with E-state index in [4.69, 9.17) is 9.47 Å². The summed E-state index contributed by atoms with van der Waals surface area (Å²) in [5.41, 5.74) is 0.983. The number of benzene rings is 1. The molecule has 1 rings (SSSR count). The molecule has 0 aromatic heterocycles. The van der Waals surface area contributed by atoms with E-state index in [2.05, 4.69) is 5.32 Å². The molecule has 150 valence electrons. The maximum Gasteiger partial charge on any atom is 0.328 e. The van der Waals surface area contributed by atoms with Crippen LogP contribution in [0.2, 0.25) is 0 Å². The van der Waals surface area contributed by atoms with Crippen molar-refractivity contribution in [3.8, 4) is 5.75 Å². The van der Waals surface area contributed by atoms with Crippen LogP contribution in [0.5, 0.6) is 5.75 Å². The highest BCUT2D eigenvalue weighted by atomic mass is 16.5. The van der Waals surface area contributed by atoms with Crippen LogP contribution in [0.25, 0.3) is 0 Å². The van der Waals surface area contributed by atoms with Crippen LogP contribution in [0.4, 0.5) is 0 Å². The van der Waals surface area contributed by atoms with Gasteiger partial charge in [-0.05, 0) is 58.2 Å². The number of aryl methyl sites for hydroxylation is 1. The van der Waals surface area contributed by atoms with Crippen LogP contribution < -0.4 is 10.1 Å². The Morgan fingerprint density at radius 1 is 1.00 bits per heavy atom. The number of rotatable bonds is 8. The molecule has 0 fully saturated rings. The Morgan fingerprint density at radius 3 is 2.00 bits per heavy atom. The van der Waals surface area contributed by atoms with Gasteiger partial charge in [0.1, 0.15) is 11.8 Å². The van der Waals surface area contributed by atoms with Gasteiger partial charge >= 0.3 is 17.8 Å². The molecule has 1 aromatic carbocycles. The van der Waals surface area contributed by atoms with Crippen LogP contribution in [0.15, 0.2) is 24.3 Å². The number of nitrogens with zero attached hydrogens (tertiary/aromatic N) is 1. The highest BCUT2D eigenvalue weighted by Crippen LogP contribution is 2.14. The second-order valence-corrected chi connectivity index (χ2v) is 6.84. The lowest BCUT2D eigenvalue weighted by Crippen LogP contribution is -2.53. The first-order valence-corrected chi connectivity index (χ1v) is 9.05. The fourth-order valence-electron chi connectivity index (χ4n) is 2.90. The predicted molar refractivity (Wildman–Crippen MR) is 102 cm³/mol. The van der Waals surface area contributed by atoms with Crippen LogP contribution in [-0.2, 0) is 25.5 Å². The highest BCUT2D eigenvalue weighted by Gasteiger charge is 2.30. The number of carbonyl (C=O) groups is 3.